The number of hydrogen-bond acceptors (Lipinski definition) is 5. The van der Waals surface area contributed by atoms with Gasteiger partial charge >= 0.3 is 6.21 Å². The lowest BCUT2D eigenvalue weighted by Crippen LogP contribution is -2.47. The Morgan fingerprint density at radius 2 is 2.13 bits per heavy atom. The lowest BCUT2D eigenvalue weighted by molar-refractivity contribution is -0.308. The third-order valence-electron chi connectivity index (χ3n) is 1.55. The van der Waals surface area contributed by atoms with Crippen LogP contribution in [0, 0.1) is 5.53 Å². The van der Waals surface area contributed by atoms with Crippen molar-refractivity contribution in [2.75, 3.05) is 0 Å². The maximum Gasteiger partial charge on any atom is 0.372 e. The van der Waals surface area contributed by atoms with Crippen molar-refractivity contribution in [2.24, 2.45) is 0 Å². The Bertz CT molecular complexity index is 320. The number of hydrogen-bond donors (Lipinski definition) is 2. The summed E-state index contributed by atoms with van der Waals surface area (Å²) in [6.45, 7) is 1.17. The van der Waals surface area contributed by atoms with Gasteiger partial charge in [-0.15, -0.1) is 0 Å². The summed E-state index contributed by atoms with van der Waals surface area (Å²) < 4.78 is 0. The number of Topliss-reactive ketones (excluding diaryl/α,β-unsaturated/α-hetero) is 1. The first-order chi connectivity index (χ1) is 6.97. The largest absolute Gasteiger partial charge is 0.548 e. The van der Waals surface area contributed by atoms with Crippen LogP contribution < -0.4 is 10.4 Å². The van der Waals surface area contributed by atoms with Crippen molar-refractivity contribution in [1.29, 1.82) is 5.53 Å². The van der Waals surface area contributed by atoms with E-state index in [0.29, 0.717) is 0 Å². The van der Waals surface area contributed by atoms with Gasteiger partial charge in [-0.3, -0.25) is 9.59 Å². The molecule has 0 spiro atoms. The predicted molar refractivity (Wildman–Crippen MR) is 45.9 cm³/mol. The highest BCUT2D eigenvalue weighted by atomic mass is 16.4. The molecule has 2 N–H and O–H groups in total. The lowest BCUT2D eigenvalue weighted by Gasteiger charge is -2.17. The molecule has 0 aromatic rings. The molecular weight excluding hydrogens is 202 g/mol. The number of rotatable bonds is 6. The second kappa shape index (κ2) is 6.44. The van der Waals surface area contributed by atoms with Crippen molar-refractivity contribution in [3.63, 3.8) is 0 Å². The fourth-order valence-electron chi connectivity index (χ4n) is 0.917. The summed E-state index contributed by atoms with van der Waals surface area (Å²) in [6.07, 6.45) is 0.591. The molecule has 0 radical (unpaired) electrons. The number of ketones is 1. The van der Waals surface area contributed by atoms with Crippen LogP contribution in [-0.2, 0) is 14.4 Å². The molecule has 0 saturated carbocycles. The van der Waals surface area contributed by atoms with Crippen LogP contribution in [0.1, 0.15) is 19.8 Å². The van der Waals surface area contributed by atoms with Crippen LogP contribution >= 0.6 is 0 Å². The van der Waals surface area contributed by atoms with Crippen molar-refractivity contribution in [3.8, 4) is 0 Å². The van der Waals surface area contributed by atoms with Gasteiger partial charge in [0.2, 0.25) is 11.7 Å². The van der Waals surface area contributed by atoms with Gasteiger partial charge in [-0.2, -0.15) is 0 Å². The van der Waals surface area contributed by atoms with E-state index >= 15 is 0 Å². The van der Waals surface area contributed by atoms with E-state index in [1.165, 1.54) is 6.92 Å². The fourth-order valence-corrected chi connectivity index (χ4v) is 0.917. The first-order valence-electron chi connectivity index (χ1n) is 4.18. The number of amides is 1. The molecule has 0 aliphatic rings. The number of carboxylic acid groups (broad SMARTS) is 1. The number of aliphatic carboxylic acids is 1. The number of nitrogens with zero attached hydrogens (tertiary/aromatic N) is 1. The van der Waals surface area contributed by atoms with Crippen LogP contribution in [0.25, 0.3) is 0 Å². The quantitative estimate of drug-likeness (QED) is 0.298. The maximum absolute atomic E-state index is 10.9. The molecule has 0 aromatic carbocycles. The molecule has 0 aliphatic heterocycles. The Balaban J connectivity index is 4.18. The van der Waals surface area contributed by atoms with Gasteiger partial charge in [0.1, 0.15) is 0 Å². The van der Waals surface area contributed by atoms with Crippen molar-refractivity contribution < 1.29 is 24.3 Å². The number of carbonyl (C=O) groups excluding carboxylic acids is 3. The second-order valence-corrected chi connectivity index (χ2v) is 2.84. The zero-order valence-corrected chi connectivity index (χ0v) is 8.15. The van der Waals surface area contributed by atoms with E-state index in [1.54, 1.807) is 0 Å². The standard InChI is InChI=1S/C8H11N3O4/c1-5(12)11-7(8(14)15)3-2-6(13)4-10-9/h4,7,9H,2-3H2,1H3,(H-,11,12,14,15). The van der Waals surface area contributed by atoms with Crippen molar-refractivity contribution in [2.45, 2.75) is 25.8 Å². The molecule has 1 unspecified atom stereocenters. The van der Waals surface area contributed by atoms with Crippen LogP contribution in [0.15, 0.2) is 0 Å². The van der Waals surface area contributed by atoms with E-state index in [1.807, 2.05) is 0 Å². The van der Waals surface area contributed by atoms with Gasteiger partial charge in [-0.25, -0.2) is 0 Å². The van der Waals surface area contributed by atoms with Crippen LogP contribution in [0.5, 0.6) is 0 Å². The van der Waals surface area contributed by atoms with Crippen molar-refractivity contribution >= 4 is 23.9 Å². The Kier molecular flexibility index (Phi) is 5.58. The highest BCUT2D eigenvalue weighted by Gasteiger charge is 2.14. The normalized spacial score (nSPS) is 11.0. The third kappa shape index (κ3) is 6.11. The number of carbonyl (C=O) groups is 3. The Morgan fingerprint density at radius 3 is 2.53 bits per heavy atom. The minimum Gasteiger partial charge on any atom is -0.548 e. The van der Waals surface area contributed by atoms with Gasteiger partial charge in [-0.1, -0.05) is 0 Å². The predicted octanol–water partition coefficient (Wildman–Crippen LogP) is -2.10. The van der Waals surface area contributed by atoms with Gasteiger partial charge < -0.3 is 15.2 Å². The molecular formula is C8H11N3O4. The van der Waals surface area contributed by atoms with Crippen molar-refractivity contribution in [3.05, 3.63) is 0 Å². The summed E-state index contributed by atoms with van der Waals surface area (Å²) in [5, 5.41) is 12.6. The minimum absolute atomic E-state index is 0.0766. The molecule has 82 valence electrons. The summed E-state index contributed by atoms with van der Waals surface area (Å²) in [5.74, 6) is -2.42. The molecule has 7 heteroatoms. The summed E-state index contributed by atoms with van der Waals surface area (Å²) >= 11 is 0. The Morgan fingerprint density at radius 1 is 1.53 bits per heavy atom. The Labute approximate surface area is 85.7 Å². The van der Waals surface area contributed by atoms with Crippen molar-refractivity contribution in [1.82, 2.24) is 5.32 Å². The lowest BCUT2D eigenvalue weighted by atomic mass is 10.1. The smallest absolute Gasteiger partial charge is 0.372 e. The monoisotopic (exact) mass is 213 g/mol. The third-order valence-corrected chi connectivity index (χ3v) is 1.55. The molecule has 0 aromatic heterocycles. The Hall–Kier alpha value is -2.01. The summed E-state index contributed by atoms with van der Waals surface area (Å²) in [6, 6.07) is -1.19. The van der Waals surface area contributed by atoms with Gasteiger partial charge in [0, 0.05) is 13.3 Å². The highest BCUT2D eigenvalue weighted by Crippen LogP contribution is 1.96. The average molecular weight is 213 g/mol. The zero-order chi connectivity index (χ0) is 11.8. The molecule has 15 heavy (non-hydrogen) atoms. The average Bonchev–Trinajstić information content (AvgIpc) is 2.11. The molecule has 0 fully saturated rings. The molecule has 0 bridgehead atoms. The molecule has 0 rings (SSSR count). The van der Waals surface area contributed by atoms with E-state index < -0.39 is 23.7 Å². The molecule has 7 nitrogen and oxygen atoms in total. The molecule has 0 aliphatic carbocycles. The first-order valence-corrected chi connectivity index (χ1v) is 4.18. The molecule has 0 heterocycles. The summed E-state index contributed by atoms with van der Waals surface area (Å²) in [5.41, 5.74) is 6.37. The SMILES string of the molecule is CC(=O)NC(CCC(=O)C=[N+]=N)C(=O)[O-]. The van der Waals surface area contributed by atoms with E-state index in [2.05, 4.69) is 10.1 Å². The summed E-state index contributed by atoms with van der Waals surface area (Å²) in [4.78, 5) is 34.7. The first kappa shape index (κ1) is 13.0. The van der Waals surface area contributed by atoms with Crippen LogP contribution in [0.3, 0.4) is 0 Å². The number of carboxylic acids is 1. The summed E-state index contributed by atoms with van der Waals surface area (Å²) in [7, 11) is 0. The van der Waals surface area contributed by atoms with E-state index in [4.69, 9.17) is 5.53 Å². The maximum atomic E-state index is 10.9. The zero-order valence-electron chi connectivity index (χ0n) is 8.15. The van der Waals surface area contributed by atoms with E-state index in [0.717, 1.165) is 6.21 Å². The van der Waals surface area contributed by atoms with E-state index in [-0.39, 0.29) is 12.8 Å². The highest BCUT2D eigenvalue weighted by molar-refractivity contribution is 6.25. The van der Waals surface area contributed by atoms with Gasteiger partial charge in [0.25, 0.3) is 0 Å². The molecule has 0 saturated heterocycles. The molecule has 1 atom stereocenters. The van der Waals surface area contributed by atoms with Crippen LogP contribution in [-0.4, -0.2) is 34.7 Å². The van der Waals surface area contributed by atoms with Gasteiger partial charge in [0.05, 0.1) is 22.3 Å². The fraction of sp³-hybridized carbons (Fsp3) is 0.500. The van der Waals surface area contributed by atoms with Gasteiger partial charge in [0.15, 0.2) is 0 Å². The van der Waals surface area contributed by atoms with Gasteiger partial charge in [-0.05, 0) is 6.42 Å². The molecule has 1 amide bonds. The van der Waals surface area contributed by atoms with E-state index in [9.17, 15) is 19.5 Å². The number of nitrogens with one attached hydrogen (secondary N) is 2. The second-order valence-electron chi connectivity index (χ2n) is 2.84. The van der Waals surface area contributed by atoms with Crippen LogP contribution in [0.2, 0.25) is 0 Å². The minimum atomic E-state index is -1.44. The topological polar surface area (TPSA) is 124 Å². The van der Waals surface area contributed by atoms with Crippen LogP contribution in [0.4, 0.5) is 0 Å².